The summed E-state index contributed by atoms with van der Waals surface area (Å²) in [5.41, 5.74) is 2.70. The molecule has 1 fully saturated rings. The van der Waals surface area contributed by atoms with Crippen LogP contribution in [-0.4, -0.2) is 38.4 Å². The largest absolute Gasteiger partial charge is 0.347 e. The lowest BCUT2D eigenvalue weighted by Gasteiger charge is -2.36. The number of amides is 1. The summed E-state index contributed by atoms with van der Waals surface area (Å²) in [4.78, 5) is 24.1. The van der Waals surface area contributed by atoms with Crippen LogP contribution in [0, 0.1) is 5.92 Å². The molecule has 6 heteroatoms. The van der Waals surface area contributed by atoms with Crippen LogP contribution in [0.5, 0.6) is 0 Å². The number of fused-ring (bicyclic) bond motifs is 1. The Morgan fingerprint density at radius 2 is 1.97 bits per heavy atom. The quantitative estimate of drug-likeness (QED) is 0.706. The molecule has 148 valence electrons. The van der Waals surface area contributed by atoms with Crippen molar-refractivity contribution in [2.45, 2.75) is 32.0 Å². The third kappa shape index (κ3) is 3.93. The van der Waals surface area contributed by atoms with Gasteiger partial charge in [0.05, 0.1) is 6.04 Å². The Kier molecular flexibility index (Phi) is 4.86. The van der Waals surface area contributed by atoms with Gasteiger partial charge < -0.3 is 9.88 Å². The minimum absolute atomic E-state index is 0.102. The van der Waals surface area contributed by atoms with Crippen molar-refractivity contribution in [3.05, 3.63) is 83.7 Å². The van der Waals surface area contributed by atoms with Gasteiger partial charge in [0.1, 0.15) is 11.5 Å². The first-order valence-electron chi connectivity index (χ1n) is 10.3. The van der Waals surface area contributed by atoms with E-state index >= 15 is 0 Å². The average Bonchev–Trinajstić information content (AvgIpc) is 3.48. The number of hydrogen-bond acceptors (Lipinski definition) is 4. The molecule has 0 bridgehead atoms. The maximum Gasteiger partial charge on any atom is 0.271 e. The van der Waals surface area contributed by atoms with Gasteiger partial charge in [0.15, 0.2) is 0 Å². The van der Waals surface area contributed by atoms with Crippen LogP contribution in [-0.2, 0) is 13.1 Å². The molecule has 3 heterocycles. The van der Waals surface area contributed by atoms with E-state index in [0.29, 0.717) is 12.2 Å². The molecule has 1 aliphatic heterocycles. The smallest absolute Gasteiger partial charge is 0.271 e. The van der Waals surface area contributed by atoms with E-state index < -0.39 is 0 Å². The van der Waals surface area contributed by atoms with Gasteiger partial charge in [-0.05, 0) is 36.0 Å². The van der Waals surface area contributed by atoms with E-state index in [1.807, 2.05) is 24.4 Å². The molecule has 1 amide bonds. The van der Waals surface area contributed by atoms with E-state index in [4.69, 9.17) is 4.98 Å². The van der Waals surface area contributed by atoms with Gasteiger partial charge in [-0.15, -0.1) is 0 Å². The van der Waals surface area contributed by atoms with Gasteiger partial charge in [0.25, 0.3) is 5.91 Å². The molecular formula is C23H25N5O. The molecule has 2 aliphatic rings. The predicted octanol–water partition coefficient (Wildman–Crippen LogP) is 3.02. The molecule has 0 radical (unpaired) electrons. The summed E-state index contributed by atoms with van der Waals surface area (Å²) in [5.74, 6) is 1.64. The fourth-order valence-corrected chi connectivity index (χ4v) is 4.07. The van der Waals surface area contributed by atoms with E-state index in [0.717, 1.165) is 36.9 Å². The standard InChI is InChI=1S/C23H25N5O/c29-23(25-14-18-5-4-10-24-13-18)20-16-28-12-11-27(15-17-8-9-17)21(22(28)26-20)19-6-2-1-3-7-19/h1-7,10,13,16-17,21H,8-9,11-12,14-15H2,(H,25,29). The average molecular weight is 387 g/mol. The third-order valence-electron chi connectivity index (χ3n) is 5.76. The van der Waals surface area contributed by atoms with Gasteiger partial charge in [-0.2, -0.15) is 0 Å². The monoisotopic (exact) mass is 387 g/mol. The number of pyridine rings is 1. The highest BCUT2D eigenvalue weighted by Crippen LogP contribution is 2.37. The van der Waals surface area contributed by atoms with Crippen LogP contribution in [0.15, 0.2) is 61.1 Å². The Morgan fingerprint density at radius 3 is 2.72 bits per heavy atom. The molecule has 1 N–H and O–H groups in total. The van der Waals surface area contributed by atoms with Crippen molar-refractivity contribution in [1.29, 1.82) is 0 Å². The normalized spacial score (nSPS) is 19.0. The van der Waals surface area contributed by atoms with E-state index in [9.17, 15) is 4.79 Å². The fourth-order valence-electron chi connectivity index (χ4n) is 4.07. The number of aromatic nitrogens is 3. The molecule has 6 nitrogen and oxygen atoms in total. The van der Waals surface area contributed by atoms with Crippen molar-refractivity contribution in [2.24, 2.45) is 5.92 Å². The highest BCUT2D eigenvalue weighted by Gasteiger charge is 2.35. The topological polar surface area (TPSA) is 63.1 Å². The summed E-state index contributed by atoms with van der Waals surface area (Å²) in [6.45, 7) is 3.41. The highest BCUT2D eigenvalue weighted by molar-refractivity contribution is 5.92. The zero-order valence-electron chi connectivity index (χ0n) is 16.4. The number of nitrogens with one attached hydrogen (secondary N) is 1. The molecule has 0 saturated heterocycles. The number of carbonyl (C=O) groups excluding carboxylic acids is 1. The molecule has 2 aromatic heterocycles. The Hall–Kier alpha value is -2.99. The minimum atomic E-state index is -0.142. The number of carbonyl (C=O) groups is 1. The van der Waals surface area contributed by atoms with Gasteiger partial charge in [-0.25, -0.2) is 4.98 Å². The van der Waals surface area contributed by atoms with E-state index in [-0.39, 0.29) is 11.9 Å². The van der Waals surface area contributed by atoms with Crippen LogP contribution in [0.3, 0.4) is 0 Å². The van der Waals surface area contributed by atoms with Crippen LogP contribution in [0.2, 0.25) is 0 Å². The van der Waals surface area contributed by atoms with E-state index in [2.05, 4.69) is 44.0 Å². The lowest BCUT2D eigenvalue weighted by Crippen LogP contribution is -2.40. The number of imidazole rings is 1. The van der Waals surface area contributed by atoms with E-state index in [1.54, 1.807) is 12.4 Å². The van der Waals surface area contributed by atoms with Crippen LogP contribution in [0.4, 0.5) is 0 Å². The van der Waals surface area contributed by atoms with Crippen LogP contribution in [0.25, 0.3) is 0 Å². The maximum atomic E-state index is 12.7. The van der Waals surface area contributed by atoms with E-state index in [1.165, 1.54) is 18.4 Å². The second-order valence-electron chi connectivity index (χ2n) is 7.97. The molecular weight excluding hydrogens is 362 g/mol. The zero-order chi connectivity index (χ0) is 19.6. The van der Waals surface area contributed by atoms with Gasteiger partial charge in [0.2, 0.25) is 0 Å². The maximum absolute atomic E-state index is 12.7. The molecule has 1 aromatic carbocycles. The van der Waals surface area contributed by atoms with Crippen molar-refractivity contribution < 1.29 is 4.79 Å². The Morgan fingerprint density at radius 1 is 1.10 bits per heavy atom. The molecule has 3 aromatic rings. The molecule has 1 atom stereocenters. The van der Waals surface area contributed by atoms with Gasteiger partial charge in [-0.3, -0.25) is 14.7 Å². The molecule has 1 saturated carbocycles. The third-order valence-corrected chi connectivity index (χ3v) is 5.76. The molecule has 1 unspecified atom stereocenters. The lowest BCUT2D eigenvalue weighted by atomic mass is 10.0. The van der Waals surface area contributed by atoms with Crippen LogP contribution in [0.1, 0.15) is 46.3 Å². The summed E-state index contributed by atoms with van der Waals surface area (Å²) in [6.07, 6.45) is 8.05. The summed E-state index contributed by atoms with van der Waals surface area (Å²) in [5, 5.41) is 2.96. The van der Waals surface area contributed by atoms with Crippen molar-refractivity contribution in [1.82, 2.24) is 24.8 Å². The van der Waals surface area contributed by atoms with Gasteiger partial charge in [-0.1, -0.05) is 36.4 Å². The number of rotatable bonds is 6. The summed E-state index contributed by atoms with van der Waals surface area (Å²) in [7, 11) is 0. The number of benzene rings is 1. The summed E-state index contributed by atoms with van der Waals surface area (Å²) >= 11 is 0. The number of nitrogens with zero attached hydrogens (tertiary/aromatic N) is 4. The first kappa shape index (κ1) is 18.1. The van der Waals surface area contributed by atoms with Crippen molar-refractivity contribution in [3.8, 4) is 0 Å². The first-order valence-corrected chi connectivity index (χ1v) is 10.3. The van der Waals surface area contributed by atoms with Crippen molar-refractivity contribution >= 4 is 5.91 Å². The van der Waals surface area contributed by atoms with Crippen molar-refractivity contribution in [2.75, 3.05) is 13.1 Å². The lowest BCUT2D eigenvalue weighted by molar-refractivity contribution is 0.0946. The van der Waals surface area contributed by atoms with Gasteiger partial charge in [0, 0.05) is 44.8 Å². The zero-order valence-corrected chi connectivity index (χ0v) is 16.4. The predicted molar refractivity (Wildman–Crippen MR) is 110 cm³/mol. The summed E-state index contributed by atoms with van der Waals surface area (Å²) in [6, 6.07) is 14.4. The molecule has 0 spiro atoms. The second kappa shape index (κ2) is 7.79. The summed E-state index contributed by atoms with van der Waals surface area (Å²) < 4.78 is 2.15. The first-order chi connectivity index (χ1) is 14.3. The van der Waals surface area contributed by atoms with Crippen LogP contribution >= 0.6 is 0 Å². The molecule has 5 rings (SSSR count). The fraction of sp³-hybridized carbons (Fsp3) is 0.348. The van der Waals surface area contributed by atoms with Crippen LogP contribution < -0.4 is 5.32 Å². The Balaban J connectivity index is 1.39. The Bertz CT molecular complexity index is 981. The second-order valence-corrected chi connectivity index (χ2v) is 7.97. The van der Waals surface area contributed by atoms with Gasteiger partial charge >= 0.3 is 0 Å². The Labute approximate surface area is 170 Å². The SMILES string of the molecule is O=C(NCc1cccnc1)c1cn2c(n1)C(c1ccccc1)N(CC1CC1)CC2. The van der Waals surface area contributed by atoms with Crippen molar-refractivity contribution in [3.63, 3.8) is 0 Å². The number of hydrogen-bond donors (Lipinski definition) is 1. The molecule has 29 heavy (non-hydrogen) atoms. The highest BCUT2D eigenvalue weighted by atomic mass is 16.1. The minimum Gasteiger partial charge on any atom is -0.347 e. The molecule has 1 aliphatic carbocycles.